The Bertz CT molecular complexity index is 636. The highest BCUT2D eigenvalue weighted by Crippen LogP contribution is 2.27. The van der Waals surface area contributed by atoms with Gasteiger partial charge in [-0.25, -0.2) is 23.1 Å². The lowest BCUT2D eigenvalue weighted by Crippen LogP contribution is -2.27. The minimum atomic E-state index is -3.63. The van der Waals surface area contributed by atoms with Crippen molar-refractivity contribution in [3.8, 4) is 0 Å². The first-order valence-corrected chi connectivity index (χ1v) is 7.72. The van der Waals surface area contributed by atoms with Gasteiger partial charge in [0.15, 0.2) is 8.68 Å². The highest BCUT2D eigenvalue weighted by atomic mass is 35.5. The molecule has 0 aromatic carbocycles. The van der Waals surface area contributed by atoms with Crippen LogP contribution in [0.4, 0.5) is 0 Å². The van der Waals surface area contributed by atoms with E-state index in [0.717, 1.165) is 11.3 Å². The second kappa shape index (κ2) is 4.96. The Hall–Kier alpha value is -0.960. The van der Waals surface area contributed by atoms with Gasteiger partial charge in [0, 0.05) is 12.4 Å². The van der Waals surface area contributed by atoms with E-state index >= 15 is 0 Å². The van der Waals surface area contributed by atoms with Crippen LogP contribution in [0, 0.1) is 6.92 Å². The van der Waals surface area contributed by atoms with E-state index in [-0.39, 0.29) is 8.68 Å². The van der Waals surface area contributed by atoms with Crippen molar-refractivity contribution in [1.82, 2.24) is 19.7 Å². The third kappa shape index (κ3) is 2.72. The SMILES string of the molecule is Cc1nc(Cl)sc1S(=O)(=O)NC(C)c1ncc[nH]1. The minimum Gasteiger partial charge on any atom is -0.347 e. The molecule has 18 heavy (non-hydrogen) atoms. The molecule has 0 spiro atoms. The van der Waals surface area contributed by atoms with E-state index < -0.39 is 16.1 Å². The summed E-state index contributed by atoms with van der Waals surface area (Å²) in [5, 5.41) is 0. The standard InChI is InChI=1S/C9H11ClN4O2S2/c1-5(7-11-3-4-12-7)14-18(15,16)8-6(2)13-9(10)17-8/h3-5,14H,1-2H3,(H,11,12). The highest BCUT2D eigenvalue weighted by molar-refractivity contribution is 7.91. The maximum Gasteiger partial charge on any atom is 0.252 e. The number of imidazole rings is 1. The molecule has 2 rings (SSSR count). The van der Waals surface area contributed by atoms with Crippen LogP contribution >= 0.6 is 22.9 Å². The van der Waals surface area contributed by atoms with Crippen LogP contribution in [0.2, 0.25) is 4.47 Å². The number of rotatable bonds is 4. The monoisotopic (exact) mass is 306 g/mol. The largest absolute Gasteiger partial charge is 0.347 e. The average molecular weight is 307 g/mol. The Labute approximate surface area is 113 Å². The molecule has 1 unspecified atom stereocenters. The molecule has 0 aliphatic rings. The molecule has 98 valence electrons. The van der Waals surface area contributed by atoms with Crippen molar-refractivity contribution in [2.24, 2.45) is 0 Å². The Morgan fingerprint density at radius 1 is 1.56 bits per heavy atom. The van der Waals surface area contributed by atoms with Gasteiger partial charge in [0.1, 0.15) is 5.82 Å². The van der Waals surface area contributed by atoms with Crippen molar-refractivity contribution in [3.63, 3.8) is 0 Å². The number of aromatic amines is 1. The highest BCUT2D eigenvalue weighted by Gasteiger charge is 2.24. The molecular weight excluding hydrogens is 296 g/mol. The van der Waals surface area contributed by atoms with Crippen LogP contribution in [0.3, 0.4) is 0 Å². The topological polar surface area (TPSA) is 87.7 Å². The number of aromatic nitrogens is 3. The molecule has 0 amide bonds. The zero-order valence-corrected chi connectivity index (χ0v) is 12.0. The van der Waals surface area contributed by atoms with E-state index in [9.17, 15) is 8.42 Å². The van der Waals surface area contributed by atoms with Crippen LogP contribution < -0.4 is 4.72 Å². The van der Waals surface area contributed by atoms with Gasteiger partial charge in [-0.1, -0.05) is 22.9 Å². The number of hydrogen-bond acceptors (Lipinski definition) is 5. The minimum absolute atomic E-state index is 0.130. The summed E-state index contributed by atoms with van der Waals surface area (Å²) in [6.45, 7) is 3.31. The third-order valence-electron chi connectivity index (χ3n) is 2.23. The van der Waals surface area contributed by atoms with Crippen molar-refractivity contribution in [3.05, 3.63) is 28.4 Å². The number of nitrogens with one attached hydrogen (secondary N) is 2. The lowest BCUT2D eigenvalue weighted by molar-refractivity contribution is 0.562. The van der Waals surface area contributed by atoms with Gasteiger partial charge in [-0.3, -0.25) is 0 Å². The van der Waals surface area contributed by atoms with Gasteiger partial charge in [-0.2, -0.15) is 0 Å². The van der Waals surface area contributed by atoms with Gasteiger partial charge < -0.3 is 4.98 Å². The van der Waals surface area contributed by atoms with Gasteiger partial charge in [0.2, 0.25) is 0 Å². The zero-order valence-electron chi connectivity index (χ0n) is 9.64. The Morgan fingerprint density at radius 3 is 2.78 bits per heavy atom. The molecule has 0 aliphatic heterocycles. The molecule has 0 saturated carbocycles. The van der Waals surface area contributed by atoms with Crippen molar-refractivity contribution >= 4 is 33.0 Å². The summed E-state index contributed by atoms with van der Waals surface area (Å²) in [4.78, 5) is 10.7. The van der Waals surface area contributed by atoms with E-state index in [4.69, 9.17) is 11.6 Å². The average Bonchev–Trinajstić information content (AvgIpc) is 2.86. The number of hydrogen-bond donors (Lipinski definition) is 2. The van der Waals surface area contributed by atoms with Crippen LogP contribution in [0.15, 0.2) is 16.6 Å². The van der Waals surface area contributed by atoms with Crippen molar-refractivity contribution in [1.29, 1.82) is 0 Å². The lowest BCUT2D eigenvalue weighted by atomic mass is 10.3. The number of thiazole rings is 1. The summed E-state index contributed by atoms with van der Waals surface area (Å²) in [7, 11) is -3.63. The predicted octanol–water partition coefficient (Wildman–Crippen LogP) is 1.87. The number of aryl methyl sites for hydroxylation is 1. The summed E-state index contributed by atoms with van der Waals surface area (Å²) in [6.07, 6.45) is 3.20. The maximum absolute atomic E-state index is 12.1. The first-order valence-electron chi connectivity index (χ1n) is 5.04. The molecule has 1 atom stereocenters. The fraction of sp³-hybridized carbons (Fsp3) is 0.333. The van der Waals surface area contributed by atoms with Gasteiger partial charge >= 0.3 is 0 Å². The van der Waals surface area contributed by atoms with E-state index in [1.165, 1.54) is 0 Å². The molecule has 9 heteroatoms. The van der Waals surface area contributed by atoms with Gasteiger partial charge in [0.05, 0.1) is 11.7 Å². The van der Waals surface area contributed by atoms with Crippen molar-refractivity contribution in [2.75, 3.05) is 0 Å². The molecular formula is C9H11ClN4O2S2. The van der Waals surface area contributed by atoms with Gasteiger partial charge in [-0.05, 0) is 13.8 Å². The van der Waals surface area contributed by atoms with Crippen molar-refractivity contribution < 1.29 is 8.42 Å². The van der Waals surface area contributed by atoms with E-state index in [2.05, 4.69) is 19.7 Å². The Kier molecular flexibility index (Phi) is 3.71. The molecule has 0 bridgehead atoms. The summed E-state index contributed by atoms with van der Waals surface area (Å²) in [6, 6.07) is -0.453. The number of nitrogens with zero attached hydrogens (tertiary/aromatic N) is 2. The van der Waals surface area contributed by atoms with Crippen LogP contribution in [-0.2, 0) is 10.0 Å². The fourth-order valence-electron chi connectivity index (χ4n) is 1.46. The smallest absolute Gasteiger partial charge is 0.252 e. The zero-order chi connectivity index (χ0) is 13.3. The maximum atomic E-state index is 12.1. The summed E-state index contributed by atoms with van der Waals surface area (Å²) in [5.41, 5.74) is 0.393. The predicted molar refractivity (Wildman–Crippen MR) is 69.2 cm³/mol. The normalized spacial score (nSPS) is 13.7. The van der Waals surface area contributed by atoms with Gasteiger partial charge in [0.25, 0.3) is 10.0 Å². The number of H-pyrrole nitrogens is 1. The molecule has 2 aromatic rings. The Morgan fingerprint density at radius 2 is 2.28 bits per heavy atom. The van der Waals surface area contributed by atoms with E-state index in [1.807, 2.05) is 0 Å². The van der Waals surface area contributed by atoms with Crippen LogP contribution in [-0.4, -0.2) is 23.4 Å². The van der Waals surface area contributed by atoms with Crippen LogP contribution in [0.1, 0.15) is 24.5 Å². The molecule has 2 aromatic heterocycles. The molecule has 0 fully saturated rings. The lowest BCUT2D eigenvalue weighted by Gasteiger charge is -2.10. The summed E-state index contributed by atoms with van der Waals surface area (Å²) >= 11 is 6.64. The van der Waals surface area contributed by atoms with E-state index in [1.54, 1.807) is 26.2 Å². The van der Waals surface area contributed by atoms with Gasteiger partial charge in [-0.15, -0.1) is 0 Å². The third-order valence-corrected chi connectivity index (χ3v) is 5.65. The molecule has 2 heterocycles. The number of sulfonamides is 1. The second-order valence-corrected chi connectivity index (χ2v) is 7.15. The second-order valence-electron chi connectivity index (χ2n) is 3.66. The Balaban J connectivity index is 2.25. The quantitative estimate of drug-likeness (QED) is 0.902. The first kappa shape index (κ1) is 13.5. The molecule has 0 saturated heterocycles. The molecule has 0 radical (unpaired) electrons. The number of halogens is 1. The molecule has 6 nitrogen and oxygen atoms in total. The van der Waals surface area contributed by atoms with Crippen LogP contribution in [0.25, 0.3) is 0 Å². The molecule has 0 aliphatic carbocycles. The summed E-state index contributed by atoms with van der Waals surface area (Å²) in [5.74, 6) is 0.548. The summed E-state index contributed by atoms with van der Waals surface area (Å²) < 4.78 is 27.1. The fourth-order valence-corrected chi connectivity index (χ4v) is 4.42. The first-order chi connectivity index (χ1) is 8.40. The van der Waals surface area contributed by atoms with Crippen molar-refractivity contribution in [2.45, 2.75) is 24.1 Å². The van der Waals surface area contributed by atoms with Crippen LogP contribution in [0.5, 0.6) is 0 Å². The molecule has 2 N–H and O–H groups in total. The van der Waals surface area contributed by atoms with E-state index in [0.29, 0.717) is 11.5 Å².